The zero-order valence-corrected chi connectivity index (χ0v) is 9.85. The Bertz CT molecular complexity index is 585. The zero-order chi connectivity index (χ0) is 14.0. The van der Waals surface area contributed by atoms with Gasteiger partial charge in [0.05, 0.1) is 5.11 Å². The molecule has 1 fully saturated rings. The Morgan fingerprint density at radius 2 is 2.11 bits per heavy atom. The van der Waals surface area contributed by atoms with Gasteiger partial charge in [0, 0.05) is 13.1 Å². The molecule has 4 amide bonds. The average Bonchev–Trinajstić information content (AvgIpc) is 2.38. The number of carbonyl (C=O) groups is 3. The molecule has 0 aromatic carbocycles. The molecule has 19 heavy (non-hydrogen) atoms. The summed E-state index contributed by atoms with van der Waals surface area (Å²) in [5.74, 6) is -1.59. The lowest BCUT2D eigenvalue weighted by atomic mass is 10.2. The van der Waals surface area contributed by atoms with Gasteiger partial charge in [-0.2, -0.15) is 0 Å². The number of rotatable bonds is 2. The molecule has 1 aromatic heterocycles. The third-order valence-electron chi connectivity index (χ3n) is 2.44. The van der Waals surface area contributed by atoms with Crippen molar-refractivity contribution >= 4 is 23.7 Å². The highest BCUT2D eigenvalue weighted by atomic mass is 16.5. The third-order valence-corrected chi connectivity index (χ3v) is 2.44. The van der Waals surface area contributed by atoms with Gasteiger partial charge in [0.25, 0.3) is 17.9 Å². The number of pyridine rings is 1. The summed E-state index contributed by atoms with van der Waals surface area (Å²) in [6, 6.07) is 2.34. The lowest BCUT2D eigenvalue weighted by Crippen LogP contribution is -2.58. The summed E-state index contributed by atoms with van der Waals surface area (Å²) < 4.78 is 0.684. The molecule has 2 rings (SSSR count). The number of urea groups is 1. The van der Waals surface area contributed by atoms with Gasteiger partial charge in [0.1, 0.15) is 6.20 Å². The molecule has 1 aliphatic heterocycles. The van der Waals surface area contributed by atoms with Gasteiger partial charge in [-0.15, -0.1) is 0 Å². The van der Waals surface area contributed by atoms with Crippen molar-refractivity contribution in [2.75, 3.05) is 7.05 Å². The van der Waals surface area contributed by atoms with Crippen LogP contribution >= 0.6 is 0 Å². The van der Waals surface area contributed by atoms with Crippen LogP contribution in [0.2, 0.25) is 0 Å². The normalized spacial score (nSPS) is 19.9. The number of aromatic nitrogens is 1. The molecular formula is C10H10N5O4+. The first kappa shape index (κ1) is 12.6. The van der Waals surface area contributed by atoms with Crippen LogP contribution < -0.4 is 10.0 Å². The van der Waals surface area contributed by atoms with E-state index in [1.54, 1.807) is 12.1 Å². The minimum atomic E-state index is -1.44. The number of imide groups is 2. The fourth-order valence-electron chi connectivity index (χ4n) is 1.38. The number of hydrogen-bond acceptors (Lipinski definition) is 6. The maximum atomic E-state index is 11.7. The van der Waals surface area contributed by atoms with Crippen molar-refractivity contribution in [3.63, 3.8) is 0 Å². The fraction of sp³-hybridized carbons (Fsp3) is 0.200. The number of barbiturate groups is 1. The predicted molar refractivity (Wildman–Crippen MR) is 58.4 cm³/mol. The van der Waals surface area contributed by atoms with E-state index in [0.717, 1.165) is 4.90 Å². The number of likely N-dealkylation sites (N-methyl/N-ethyl adjacent to an activating group) is 1. The van der Waals surface area contributed by atoms with Gasteiger partial charge < -0.3 is 5.21 Å². The topological polar surface area (TPSA) is 115 Å². The summed E-state index contributed by atoms with van der Waals surface area (Å²) >= 11 is 0. The summed E-state index contributed by atoms with van der Waals surface area (Å²) in [5.41, 5.74) is 0. The summed E-state index contributed by atoms with van der Waals surface area (Å²) in [5, 5.41) is 18.5. The number of azo groups is 1. The number of nitrogens with one attached hydrogen (secondary N) is 1. The Morgan fingerprint density at radius 3 is 2.79 bits per heavy atom. The lowest BCUT2D eigenvalue weighted by molar-refractivity contribution is -0.894. The Kier molecular flexibility index (Phi) is 3.19. The Labute approximate surface area is 107 Å². The van der Waals surface area contributed by atoms with E-state index in [1.165, 1.54) is 19.3 Å². The minimum Gasteiger partial charge on any atom is -0.350 e. The molecule has 0 saturated carbocycles. The molecule has 0 aliphatic carbocycles. The van der Waals surface area contributed by atoms with E-state index in [1.807, 2.05) is 5.32 Å². The predicted octanol–water partition coefficient (Wildman–Crippen LogP) is -0.628. The number of hydrogen-bond donors (Lipinski definition) is 2. The molecule has 1 unspecified atom stereocenters. The maximum Gasteiger partial charge on any atom is 0.388 e. The van der Waals surface area contributed by atoms with Crippen LogP contribution in [0.5, 0.6) is 0 Å². The van der Waals surface area contributed by atoms with Gasteiger partial charge in [0.15, 0.2) is 0 Å². The fourth-order valence-corrected chi connectivity index (χ4v) is 1.38. The van der Waals surface area contributed by atoms with Crippen molar-refractivity contribution in [3.8, 4) is 0 Å². The van der Waals surface area contributed by atoms with Crippen LogP contribution in [0.4, 0.5) is 10.6 Å². The number of amides is 4. The number of carbonyl (C=O) groups excluding carboxylic acids is 3. The van der Waals surface area contributed by atoms with Crippen molar-refractivity contribution in [1.29, 1.82) is 0 Å². The smallest absolute Gasteiger partial charge is 0.350 e. The molecule has 1 aliphatic rings. The van der Waals surface area contributed by atoms with Crippen LogP contribution in [0.1, 0.15) is 0 Å². The highest BCUT2D eigenvalue weighted by molar-refractivity contribution is 6.18. The lowest BCUT2D eigenvalue weighted by Gasteiger charge is -2.22. The van der Waals surface area contributed by atoms with E-state index in [0.29, 0.717) is 4.73 Å². The molecule has 1 saturated heterocycles. The molecule has 0 radical (unpaired) electrons. The molecule has 0 bridgehead atoms. The molecule has 0 spiro atoms. The number of nitrogens with zero attached hydrogens (tertiary/aromatic N) is 4. The van der Waals surface area contributed by atoms with Gasteiger partial charge in [-0.25, -0.2) is 4.79 Å². The summed E-state index contributed by atoms with van der Waals surface area (Å²) in [6.07, 6.45) is 1.31. The van der Waals surface area contributed by atoms with Crippen LogP contribution in [-0.2, 0) is 9.59 Å². The third kappa shape index (κ3) is 2.39. The standard InChI is InChI=1S/C10H9N5O4/c1-14-9(17)7(8(16)11-10(14)18)13-12-6-4-2-3-5-15(6)19/h2-5,7H,1H3,(H-,11,13,16,18,19)/p+1. The van der Waals surface area contributed by atoms with Crippen molar-refractivity contribution in [3.05, 3.63) is 24.4 Å². The summed E-state index contributed by atoms with van der Waals surface area (Å²) in [7, 11) is 1.22. The van der Waals surface area contributed by atoms with E-state index < -0.39 is 23.9 Å². The van der Waals surface area contributed by atoms with Gasteiger partial charge in [-0.05, 0) is 16.9 Å². The first-order valence-corrected chi connectivity index (χ1v) is 5.24. The Morgan fingerprint density at radius 1 is 1.37 bits per heavy atom. The second kappa shape index (κ2) is 4.80. The van der Waals surface area contributed by atoms with Gasteiger partial charge >= 0.3 is 11.8 Å². The molecule has 2 heterocycles. The largest absolute Gasteiger partial charge is 0.388 e. The Hall–Kier alpha value is -2.84. The second-order valence-electron chi connectivity index (χ2n) is 3.71. The van der Waals surface area contributed by atoms with Gasteiger partial charge in [-0.1, -0.05) is 5.11 Å². The Balaban J connectivity index is 2.23. The highest BCUT2D eigenvalue weighted by Crippen LogP contribution is 2.09. The monoisotopic (exact) mass is 264 g/mol. The van der Waals surface area contributed by atoms with Crippen LogP contribution in [0.3, 0.4) is 0 Å². The average molecular weight is 264 g/mol. The van der Waals surface area contributed by atoms with E-state index >= 15 is 0 Å². The summed E-state index contributed by atoms with van der Waals surface area (Å²) in [6.45, 7) is 0. The van der Waals surface area contributed by atoms with E-state index in [2.05, 4.69) is 10.2 Å². The van der Waals surface area contributed by atoms with Crippen LogP contribution in [0.15, 0.2) is 34.6 Å². The van der Waals surface area contributed by atoms with Crippen molar-refractivity contribution < 1.29 is 24.3 Å². The molecule has 9 heteroatoms. The molecule has 1 aromatic rings. The molecule has 98 valence electrons. The summed E-state index contributed by atoms with van der Waals surface area (Å²) in [4.78, 5) is 35.0. The second-order valence-corrected chi connectivity index (χ2v) is 3.71. The quantitative estimate of drug-likeness (QED) is 0.320. The first-order chi connectivity index (χ1) is 9.00. The maximum absolute atomic E-state index is 11.7. The van der Waals surface area contributed by atoms with Crippen molar-refractivity contribution in [1.82, 2.24) is 10.2 Å². The molecule has 9 nitrogen and oxygen atoms in total. The molecular weight excluding hydrogens is 254 g/mol. The van der Waals surface area contributed by atoms with Crippen LogP contribution in [-0.4, -0.2) is 41.0 Å². The van der Waals surface area contributed by atoms with Crippen LogP contribution in [0.25, 0.3) is 0 Å². The van der Waals surface area contributed by atoms with Crippen LogP contribution in [0, 0.1) is 0 Å². The van der Waals surface area contributed by atoms with Gasteiger partial charge in [-0.3, -0.25) is 19.8 Å². The highest BCUT2D eigenvalue weighted by Gasteiger charge is 2.40. The van der Waals surface area contributed by atoms with E-state index in [4.69, 9.17) is 0 Å². The van der Waals surface area contributed by atoms with E-state index in [-0.39, 0.29) is 5.82 Å². The van der Waals surface area contributed by atoms with Crippen molar-refractivity contribution in [2.45, 2.75) is 6.04 Å². The molecule has 1 atom stereocenters. The van der Waals surface area contributed by atoms with Gasteiger partial charge in [0.2, 0.25) is 0 Å². The minimum absolute atomic E-state index is 0.0441. The van der Waals surface area contributed by atoms with E-state index in [9.17, 15) is 19.6 Å². The zero-order valence-electron chi connectivity index (χ0n) is 9.85. The first-order valence-electron chi connectivity index (χ1n) is 5.24. The van der Waals surface area contributed by atoms with Crippen molar-refractivity contribution in [2.24, 2.45) is 10.2 Å². The molecule has 2 N–H and O–H groups in total. The SMILES string of the molecule is CN1C(=O)NC(=O)C(N=Nc2cccc[n+]2O)C1=O.